The number of carbonyl (C=O) groups is 2. The highest BCUT2D eigenvalue weighted by Gasteiger charge is 2.26. The number of rotatable bonds is 3. The van der Waals surface area contributed by atoms with Crippen LogP contribution in [0.5, 0.6) is 5.75 Å². The number of methoxy groups -OCH3 is 1. The van der Waals surface area contributed by atoms with Gasteiger partial charge in [0, 0.05) is 37.9 Å². The van der Waals surface area contributed by atoms with E-state index in [1.807, 2.05) is 13.0 Å². The number of aryl methyl sites for hydroxylation is 1. The number of nitrogens with zero attached hydrogens (tertiary/aromatic N) is 3. The Morgan fingerprint density at radius 1 is 1.08 bits per heavy atom. The monoisotopic (exact) mass is 373 g/mol. The Morgan fingerprint density at radius 3 is 2.35 bits per heavy atom. The molecule has 1 aliphatic rings. The van der Waals surface area contributed by atoms with Gasteiger partial charge in [-0.25, -0.2) is 4.98 Å². The minimum Gasteiger partial charge on any atom is -0.496 e. The Hall–Kier alpha value is -2.60. The maximum absolute atomic E-state index is 12.7. The van der Waals surface area contributed by atoms with Gasteiger partial charge in [-0.05, 0) is 36.8 Å². The molecule has 0 N–H and O–H groups in total. The lowest BCUT2D eigenvalue weighted by Crippen LogP contribution is -2.50. The van der Waals surface area contributed by atoms with E-state index in [9.17, 15) is 9.59 Å². The van der Waals surface area contributed by atoms with Crippen molar-refractivity contribution in [2.75, 3.05) is 33.3 Å². The van der Waals surface area contributed by atoms with Crippen LogP contribution in [0.3, 0.4) is 0 Å². The summed E-state index contributed by atoms with van der Waals surface area (Å²) in [6, 6.07) is 8.77. The summed E-state index contributed by atoms with van der Waals surface area (Å²) in [6.07, 6.45) is 1.55. The molecule has 0 radical (unpaired) electrons. The van der Waals surface area contributed by atoms with Gasteiger partial charge in [-0.1, -0.05) is 17.7 Å². The Morgan fingerprint density at radius 2 is 1.73 bits per heavy atom. The summed E-state index contributed by atoms with van der Waals surface area (Å²) in [5, 5.41) is 0.197. The van der Waals surface area contributed by atoms with Crippen LogP contribution in [-0.4, -0.2) is 59.9 Å². The fraction of sp³-hybridized carbons (Fsp3) is 0.316. The van der Waals surface area contributed by atoms with Crippen molar-refractivity contribution in [1.29, 1.82) is 0 Å². The second-order valence-electron chi connectivity index (χ2n) is 6.11. The van der Waals surface area contributed by atoms with Crippen LogP contribution in [-0.2, 0) is 0 Å². The zero-order valence-corrected chi connectivity index (χ0v) is 15.5. The Kier molecular flexibility index (Phi) is 5.42. The number of hydrogen-bond donors (Lipinski definition) is 0. The lowest BCUT2D eigenvalue weighted by molar-refractivity contribution is 0.0535. The quantitative estimate of drug-likeness (QED) is 0.776. The van der Waals surface area contributed by atoms with E-state index >= 15 is 0 Å². The first-order valence-electron chi connectivity index (χ1n) is 8.35. The molecule has 2 heterocycles. The molecule has 7 heteroatoms. The van der Waals surface area contributed by atoms with Gasteiger partial charge in [-0.3, -0.25) is 9.59 Å². The Balaban J connectivity index is 1.66. The summed E-state index contributed by atoms with van der Waals surface area (Å²) < 4.78 is 5.29. The van der Waals surface area contributed by atoms with Crippen molar-refractivity contribution in [3.05, 3.63) is 58.4 Å². The van der Waals surface area contributed by atoms with Gasteiger partial charge in [0.15, 0.2) is 0 Å². The Labute approximate surface area is 157 Å². The van der Waals surface area contributed by atoms with E-state index in [-0.39, 0.29) is 17.0 Å². The summed E-state index contributed by atoms with van der Waals surface area (Å²) >= 11 is 6.00. The predicted octanol–water partition coefficient (Wildman–Crippen LogP) is 2.65. The number of amides is 2. The van der Waals surface area contributed by atoms with Crippen molar-refractivity contribution in [2.45, 2.75) is 6.92 Å². The van der Waals surface area contributed by atoms with E-state index < -0.39 is 0 Å². The van der Waals surface area contributed by atoms with Crippen molar-refractivity contribution < 1.29 is 14.3 Å². The zero-order chi connectivity index (χ0) is 18.7. The van der Waals surface area contributed by atoms with Crippen LogP contribution in [0.15, 0.2) is 36.5 Å². The summed E-state index contributed by atoms with van der Waals surface area (Å²) in [7, 11) is 1.59. The fourth-order valence-electron chi connectivity index (χ4n) is 2.96. The van der Waals surface area contributed by atoms with E-state index in [0.29, 0.717) is 43.1 Å². The second-order valence-corrected chi connectivity index (χ2v) is 6.47. The highest BCUT2D eigenvalue weighted by molar-refractivity contribution is 6.32. The normalized spacial score (nSPS) is 14.3. The predicted molar refractivity (Wildman–Crippen MR) is 98.8 cm³/mol. The summed E-state index contributed by atoms with van der Waals surface area (Å²) in [5.41, 5.74) is 1.95. The lowest BCUT2D eigenvalue weighted by Gasteiger charge is -2.35. The van der Waals surface area contributed by atoms with Gasteiger partial charge >= 0.3 is 0 Å². The van der Waals surface area contributed by atoms with Crippen molar-refractivity contribution in [2.24, 2.45) is 0 Å². The summed E-state index contributed by atoms with van der Waals surface area (Å²) in [6.45, 7) is 3.79. The third kappa shape index (κ3) is 3.65. The average molecular weight is 374 g/mol. The molecule has 3 rings (SSSR count). The van der Waals surface area contributed by atoms with Gasteiger partial charge in [0.1, 0.15) is 10.9 Å². The number of halogens is 1. The highest BCUT2D eigenvalue weighted by Crippen LogP contribution is 2.21. The van der Waals surface area contributed by atoms with Crippen molar-refractivity contribution in [1.82, 2.24) is 14.8 Å². The van der Waals surface area contributed by atoms with Gasteiger partial charge < -0.3 is 14.5 Å². The van der Waals surface area contributed by atoms with Crippen LogP contribution in [0.4, 0.5) is 0 Å². The molecule has 0 saturated carbocycles. The van der Waals surface area contributed by atoms with Gasteiger partial charge in [-0.2, -0.15) is 0 Å². The van der Waals surface area contributed by atoms with Gasteiger partial charge in [0.2, 0.25) is 0 Å². The van der Waals surface area contributed by atoms with Crippen molar-refractivity contribution in [3.63, 3.8) is 0 Å². The van der Waals surface area contributed by atoms with E-state index in [4.69, 9.17) is 16.3 Å². The van der Waals surface area contributed by atoms with Crippen LogP contribution in [0.1, 0.15) is 26.3 Å². The number of carbonyl (C=O) groups excluding carboxylic acids is 2. The minimum atomic E-state index is -0.160. The van der Waals surface area contributed by atoms with Crippen LogP contribution < -0.4 is 4.74 Å². The van der Waals surface area contributed by atoms with Gasteiger partial charge in [0.25, 0.3) is 11.8 Å². The van der Waals surface area contributed by atoms with Crippen LogP contribution in [0, 0.1) is 6.92 Å². The van der Waals surface area contributed by atoms with Crippen molar-refractivity contribution in [3.8, 4) is 5.75 Å². The summed E-state index contributed by atoms with van der Waals surface area (Å²) in [5.74, 6) is 0.470. The first-order chi connectivity index (χ1) is 12.5. The zero-order valence-electron chi connectivity index (χ0n) is 14.7. The summed E-state index contributed by atoms with van der Waals surface area (Å²) in [4.78, 5) is 32.7. The number of hydrogen-bond acceptors (Lipinski definition) is 4. The molecule has 1 aliphatic heterocycles. The molecule has 2 aromatic rings. The number of piperazine rings is 1. The SMILES string of the molecule is COc1cc(C(=O)N2CCN(C(=O)c3cccnc3Cl)CC2)ccc1C. The lowest BCUT2D eigenvalue weighted by atomic mass is 10.1. The van der Waals surface area contributed by atoms with Gasteiger partial charge in [0.05, 0.1) is 12.7 Å². The van der Waals surface area contributed by atoms with Crippen LogP contribution in [0.25, 0.3) is 0 Å². The topological polar surface area (TPSA) is 62.7 Å². The fourth-order valence-corrected chi connectivity index (χ4v) is 3.16. The minimum absolute atomic E-state index is 0.0604. The molecule has 0 bridgehead atoms. The smallest absolute Gasteiger partial charge is 0.257 e. The molecule has 1 aromatic heterocycles. The average Bonchev–Trinajstić information content (AvgIpc) is 2.68. The number of aromatic nitrogens is 1. The van der Waals surface area contributed by atoms with E-state index in [1.54, 1.807) is 47.4 Å². The number of ether oxygens (including phenoxy) is 1. The first-order valence-corrected chi connectivity index (χ1v) is 8.72. The molecule has 0 spiro atoms. The molecule has 0 atom stereocenters. The second kappa shape index (κ2) is 7.74. The number of benzene rings is 1. The molecule has 26 heavy (non-hydrogen) atoms. The van der Waals surface area contributed by atoms with E-state index in [0.717, 1.165) is 5.56 Å². The molecule has 0 unspecified atom stereocenters. The molecule has 1 fully saturated rings. The third-order valence-electron chi connectivity index (χ3n) is 4.50. The molecule has 0 aliphatic carbocycles. The molecule has 1 aromatic carbocycles. The third-order valence-corrected chi connectivity index (χ3v) is 4.80. The molecule has 6 nitrogen and oxygen atoms in total. The highest BCUT2D eigenvalue weighted by atomic mass is 35.5. The van der Waals surface area contributed by atoms with Gasteiger partial charge in [-0.15, -0.1) is 0 Å². The molecule has 136 valence electrons. The number of pyridine rings is 1. The van der Waals surface area contributed by atoms with Crippen molar-refractivity contribution >= 4 is 23.4 Å². The standard InChI is InChI=1S/C19H20ClN3O3/c1-13-5-6-14(12-16(13)26-2)18(24)22-8-10-23(11-9-22)19(25)15-4-3-7-21-17(15)20/h3-7,12H,8-11H2,1-2H3. The van der Waals surface area contributed by atoms with Crippen LogP contribution in [0.2, 0.25) is 5.15 Å². The molecule has 2 amide bonds. The molecule has 1 saturated heterocycles. The molecular formula is C19H20ClN3O3. The largest absolute Gasteiger partial charge is 0.496 e. The van der Waals surface area contributed by atoms with Crippen LogP contribution >= 0.6 is 11.6 Å². The maximum atomic E-state index is 12.7. The Bertz CT molecular complexity index is 833. The molecular weight excluding hydrogens is 354 g/mol. The van der Waals surface area contributed by atoms with E-state index in [1.165, 1.54) is 0 Å². The first kappa shape index (κ1) is 18.2. The van der Waals surface area contributed by atoms with E-state index in [2.05, 4.69) is 4.98 Å². The maximum Gasteiger partial charge on any atom is 0.257 e.